The Hall–Kier alpha value is -4.01. The van der Waals surface area contributed by atoms with Crippen LogP contribution in [0.1, 0.15) is 25.0 Å². The smallest absolute Gasteiger partial charge is 0.326 e. The molecule has 0 aliphatic rings. The van der Waals surface area contributed by atoms with Crippen molar-refractivity contribution in [1.29, 1.82) is 0 Å². The molecule has 0 radical (unpaired) electrons. The van der Waals surface area contributed by atoms with E-state index in [1.165, 1.54) is 12.5 Å². The largest absolute Gasteiger partial charge is 0.481 e. The third-order valence-electron chi connectivity index (χ3n) is 4.05. The molecule has 176 valence electrons. The van der Waals surface area contributed by atoms with Crippen LogP contribution in [0.15, 0.2) is 12.5 Å². The fraction of sp³-hybridized carbons (Fsp3) is 0.471. The lowest BCUT2D eigenvalue weighted by Gasteiger charge is -2.20. The van der Waals surface area contributed by atoms with Crippen molar-refractivity contribution in [3.8, 4) is 0 Å². The van der Waals surface area contributed by atoms with Gasteiger partial charge in [0, 0.05) is 24.7 Å². The number of aromatic amines is 1. The summed E-state index contributed by atoms with van der Waals surface area (Å²) in [6.07, 6.45) is 1.10. The average Bonchev–Trinajstić information content (AvgIpc) is 3.20. The maximum Gasteiger partial charge on any atom is 0.326 e. The minimum atomic E-state index is -1.66. The number of aromatic nitrogens is 2. The van der Waals surface area contributed by atoms with E-state index in [0.717, 1.165) is 0 Å². The number of H-pyrrole nitrogens is 1. The summed E-state index contributed by atoms with van der Waals surface area (Å²) in [6, 6.07) is -4.28. The van der Waals surface area contributed by atoms with E-state index in [2.05, 4.69) is 20.6 Å². The van der Waals surface area contributed by atoms with Crippen LogP contribution in [0.4, 0.5) is 0 Å². The summed E-state index contributed by atoms with van der Waals surface area (Å²) in [5, 5.41) is 33.0. The van der Waals surface area contributed by atoms with Gasteiger partial charge in [0.25, 0.3) is 0 Å². The molecule has 9 N–H and O–H groups in total. The van der Waals surface area contributed by atoms with Crippen LogP contribution in [0.2, 0.25) is 0 Å². The monoisotopic (exact) mass is 456 g/mol. The molecule has 0 aliphatic heterocycles. The fourth-order valence-corrected chi connectivity index (χ4v) is 2.45. The molecule has 0 aliphatic carbocycles. The molecule has 3 unspecified atom stereocenters. The van der Waals surface area contributed by atoms with Crippen LogP contribution in [0.3, 0.4) is 0 Å². The lowest BCUT2D eigenvalue weighted by molar-refractivity contribution is -0.144. The number of nitrogens with zero attached hydrogens (tertiary/aromatic N) is 1. The number of hydrogen-bond acceptors (Lipinski definition) is 8. The Kier molecular flexibility index (Phi) is 10.3. The van der Waals surface area contributed by atoms with Gasteiger partial charge in [-0.3, -0.25) is 24.0 Å². The van der Waals surface area contributed by atoms with Crippen molar-refractivity contribution in [3.63, 3.8) is 0 Å². The van der Waals surface area contributed by atoms with Gasteiger partial charge in [0.05, 0.1) is 25.3 Å². The molecule has 0 spiro atoms. The maximum absolute atomic E-state index is 12.3. The van der Waals surface area contributed by atoms with Gasteiger partial charge >= 0.3 is 17.9 Å². The van der Waals surface area contributed by atoms with Crippen molar-refractivity contribution < 1.29 is 44.1 Å². The Bertz CT molecular complexity index is 842. The summed E-state index contributed by atoms with van der Waals surface area (Å²) in [5.74, 6) is -7.03. The first-order valence-electron chi connectivity index (χ1n) is 9.26. The van der Waals surface area contributed by atoms with Crippen LogP contribution in [-0.4, -0.2) is 85.6 Å². The number of nitrogens with two attached hydrogens (primary N) is 1. The number of carboxylic acid groups (broad SMARTS) is 3. The van der Waals surface area contributed by atoms with Crippen LogP contribution < -0.4 is 21.7 Å². The van der Waals surface area contributed by atoms with Gasteiger partial charge in [-0.2, -0.15) is 0 Å². The molecule has 32 heavy (non-hydrogen) atoms. The highest BCUT2D eigenvalue weighted by atomic mass is 16.4. The zero-order valence-corrected chi connectivity index (χ0v) is 16.7. The van der Waals surface area contributed by atoms with E-state index >= 15 is 0 Å². The predicted octanol–water partition coefficient (Wildman–Crippen LogP) is -3.21. The molecule has 0 aromatic carbocycles. The maximum atomic E-state index is 12.3. The Morgan fingerprint density at radius 1 is 1.00 bits per heavy atom. The van der Waals surface area contributed by atoms with Crippen molar-refractivity contribution >= 4 is 35.6 Å². The Morgan fingerprint density at radius 3 is 2.22 bits per heavy atom. The minimum absolute atomic E-state index is 0.115. The van der Waals surface area contributed by atoms with Crippen molar-refractivity contribution in [2.75, 3.05) is 6.54 Å². The van der Waals surface area contributed by atoms with Crippen LogP contribution in [0, 0.1) is 0 Å². The Balaban J connectivity index is 2.64. The molecule has 15 nitrogen and oxygen atoms in total. The first-order valence-corrected chi connectivity index (χ1v) is 9.26. The van der Waals surface area contributed by atoms with Crippen molar-refractivity contribution in [1.82, 2.24) is 25.9 Å². The minimum Gasteiger partial charge on any atom is -0.481 e. The normalized spacial score (nSPS) is 13.3. The van der Waals surface area contributed by atoms with Gasteiger partial charge in [-0.15, -0.1) is 0 Å². The number of hydrogen-bond donors (Lipinski definition) is 8. The number of carbonyl (C=O) groups is 6. The fourth-order valence-electron chi connectivity index (χ4n) is 2.45. The molecule has 3 amide bonds. The topological polar surface area (TPSA) is 254 Å². The van der Waals surface area contributed by atoms with Crippen LogP contribution >= 0.6 is 0 Å². The van der Waals surface area contributed by atoms with Gasteiger partial charge in [-0.05, 0) is 6.42 Å². The molecular formula is C17H24N6O9. The predicted molar refractivity (Wildman–Crippen MR) is 104 cm³/mol. The number of carboxylic acids is 3. The molecule has 1 aromatic rings. The molecular weight excluding hydrogens is 432 g/mol. The molecule has 0 saturated heterocycles. The van der Waals surface area contributed by atoms with Crippen molar-refractivity contribution in [2.24, 2.45) is 5.73 Å². The van der Waals surface area contributed by atoms with E-state index < -0.39 is 79.6 Å². The molecule has 15 heteroatoms. The number of carbonyl (C=O) groups excluding carboxylic acids is 3. The van der Waals surface area contributed by atoms with E-state index in [-0.39, 0.29) is 6.42 Å². The van der Waals surface area contributed by atoms with Gasteiger partial charge in [0.1, 0.15) is 12.1 Å². The second kappa shape index (κ2) is 12.6. The van der Waals surface area contributed by atoms with Gasteiger partial charge < -0.3 is 42.0 Å². The average molecular weight is 456 g/mol. The van der Waals surface area contributed by atoms with Crippen LogP contribution in [0.5, 0.6) is 0 Å². The lowest BCUT2D eigenvalue weighted by atomic mass is 10.1. The highest BCUT2D eigenvalue weighted by Crippen LogP contribution is 2.01. The summed E-state index contributed by atoms with van der Waals surface area (Å²) >= 11 is 0. The molecule has 1 heterocycles. The molecule has 1 rings (SSSR count). The SMILES string of the molecule is NC(Cc1cnc[nH]1)C(=O)NCC(=O)NC(CC(=O)O)C(=O)NC(CCC(=O)O)C(=O)O. The molecule has 0 fully saturated rings. The first kappa shape index (κ1) is 26.0. The van der Waals surface area contributed by atoms with Gasteiger partial charge in [-0.1, -0.05) is 0 Å². The number of imidazole rings is 1. The van der Waals surface area contributed by atoms with E-state index in [1.54, 1.807) is 0 Å². The number of nitrogens with one attached hydrogen (secondary N) is 4. The van der Waals surface area contributed by atoms with E-state index in [0.29, 0.717) is 5.69 Å². The quantitative estimate of drug-likeness (QED) is 0.138. The zero-order valence-electron chi connectivity index (χ0n) is 16.7. The molecule has 0 bridgehead atoms. The Morgan fingerprint density at radius 2 is 1.69 bits per heavy atom. The summed E-state index contributed by atoms with van der Waals surface area (Å²) in [7, 11) is 0. The second-order valence-electron chi connectivity index (χ2n) is 6.66. The van der Waals surface area contributed by atoms with Crippen molar-refractivity contribution in [2.45, 2.75) is 43.8 Å². The first-order chi connectivity index (χ1) is 15.0. The van der Waals surface area contributed by atoms with Crippen LogP contribution in [0.25, 0.3) is 0 Å². The standard InChI is InChI=1S/C17H24N6O9/c18-9(3-8-5-19-7-21-8)15(29)20-6-12(24)22-11(4-14(27)28)16(30)23-10(17(31)32)1-2-13(25)26/h5,7,9-11H,1-4,6,18H2,(H,19,21)(H,20,29)(H,22,24)(H,23,30)(H,25,26)(H,27,28)(H,31,32). The van der Waals surface area contributed by atoms with Gasteiger partial charge in [0.15, 0.2) is 0 Å². The van der Waals surface area contributed by atoms with E-state index in [1.807, 2.05) is 5.32 Å². The third-order valence-corrected chi connectivity index (χ3v) is 4.05. The second-order valence-corrected chi connectivity index (χ2v) is 6.66. The number of amides is 3. The molecule has 3 atom stereocenters. The molecule has 0 saturated carbocycles. The van der Waals surface area contributed by atoms with E-state index in [4.69, 9.17) is 21.1 Å². The van der Waals surface area contributed by atoms with Crippen molar-refractivity contribution in [3.05, 3.63) is 18.2 Å². The lowest BCUT2D eigenvalue weighted by Crippen LogP contribution is -2.54. The zero-order chi connectivity index (χ0) is 24.3. The van der Waals surface area contributed by atoms with E-state index in [9.17, 15) is 28.8 Å². The summed E-state index contributed by atoms with van der Waals surface area (Å²) in [4.78, 5) is 75.7. The molecule has 1 aromatic heterocycles. The summed E-state index contributed by atoms with van der Waals surface area (Å²) < 4.78 is 0. The summed E-state index contributed by atoms with van der Waals surface area (Å²) in [5.41, 5.74) is 6.30. The highest BCUT2D eigenvalue weighted by molar-refractivity contribution is 5.94. The Labute approximate surface area is 180 Å². The van der Waals surface area contributed by atoms with Gasteiger partial charge in [0.2, 0.25) is 17.7 Å². The third kappa shape index (κ3) is 9.66. The van der Waals surface area contributed by atoms with Crippen LogP contribution in [-0.2, 0) is 35.2 Å². The number of aliphatic carboxylic acids is 3. The van der Waals surface area contributed by atoms with Gasteiger partial charge in [-0.25, -0.2) is 9.78 Å². The highest BCUT2D eigenvalue weighted by Gasteiger charge is 2.28. The summed E-state index contributed by atoms with van der Waals surface area (Å²) in [6.45, 7) is -0.625. The number of rotatable bonds is 14.